The number of halogens is 8. The lowest BCUT2D eigenvalue weighted by molar-refractivity contribution is -0.574. The molecule has 3 rings (SSSR count). The standard InChI is InChI=1S/C32H32F8O8/c1-5-7-8-9-20-10-13-24(21(6-2)14-20)25-15-22-11-12-23(16-26(22)45-28(25)42)43-17-29(33,34)46-31(37,38)48-32(39,40)47-30(35,36)18-44-27(41)19(3)4/h10-16H,3,5-9,17-18H2,1-2,4H3. The van der Waals surface area contributed by atoms with Crippen LogP contribution in [0.5, 0.6) is 5.75 Å². The highest BCUT2D eigenvalue weighted by molar-refractivity contribution is 5.87. The molecule has 0 saturated carbocycles. The summed E-state index contributed by atoms with van der Waals surface area (Å²) in [5.74, 6) is -1.87. The molecule has 1 heterocycles. The molecule has 48 heavy (non-hydrogen) atoms. The number of esters is 1. The quantitative estimate of drug-likeness (QED) is 0.0326. The van der Waals surface area contributed by atoms with Crippen molar-refractivity contribution in [1.29, 1.82) is 0 Å². The molecule has 0 amide bonds. The first kappa shape index (κ1) is 38.4. The third-order valence-corrected chi connectivity index (χ3v) is 6.52. The van der Waals surface area contributed by atoms with Crippen molar-refractivity contribution in [2.45, 2.75) is 77.7 Å². The molecule has 0 aliphatic heterocycles. The van der Waals surface area contributed by atoms with Gasteiger partial charge >= 0.3 is 36.4 Å². The molecule has 264 valence electrons. The Morgan fingerprint density at radius 2 is 1.46 bits per heavy atom. The van der Waals surface area contributed by atoms with Crippen LogP contribution >= 0.6 is 0 Å². The maximum atomic E-state index is 14.1. The lowest BCUT2D eigenvalue weighted by Gasteiger charge is -2.27. The van der Waals surface area contributed by atoms with E-state index in [4.69, 9.17) is 9.15 Å². The molecule has 8 nitrogen and oxygen atoms in total. The molecule has 16 heteroatoms. The molecule has 1 aromatic heterocycles. The zero-order chi connectivity index (χ0) is 35.9. The van der Waals surface area contributed by atoms with Crippen LogP contribution in [0.15, 0.2) is 63.8 Å². The number of carbonyl (C=O) groups excluding carboxylic acids is 1. The molecule has 0 fully saturated rings. The zero-order valence-electron chi connectivity index (χ0n) is 26.0. The van der Waals surface area contributed by atoms with Crippen LogP contribution in [-0.4, -0.2) is 44.0 Å². The summed E-state index contributed by atoms with van der Waals surface area (Å²) in [6.07, 6.45) is -17.2. The second-order valence-corrected chi connectivity index (χ2v) is 10.6. The summed E-state index contributed by atoms with van der Waals surface area (Å²) >= 11 is 0. The van der Waals surface area contributed by atoms with Crippen LogP contribution in [0.2, 0.25) is 0 Å². The van der Waals surface area contributed by atoms with Gasteiger partial charge < -0.3 is 13.9 Å². The van der Waals surface area contributed by atoms with Crippen molar-refractivity contribution >= 4 is 16.9 Å². The molecule has 0 saturated heterocycles. The van der Waals surface area contributed by atoms with E-state index >= 15 is 0 Å². The molecular weight excluding hydrogens is 664 g/mol. The number of carbonyl (C=O) groups is 1. The van der Waals surface area contributed by atoms with E-state index in [1.165, 1.54) is 12.1 Å². The molecule has 0 spiro atoms. The van der Waals surface area contributed by atoms with Gasteiger partial charge in [-0.25, -0.2) is 23.8 Å². The minimum atomic E-state index is -5.91. The van der Waals surface area contributed by atoms with E-state index in [0.717, 1.165) is 55.9 Å². The van der Waals surface area contributed by atoms with Crippen LogP contribution in [-0.2, 0) is 36.6 Å². The third-order valence-electron chi connectivity index (χ3n) is 6.52. The average molecular weight is 697 g/mol. The van der Waals surface area contributed by atoms with E-state index in [-0.39, 0.29) is 11.1 Å². The van der Waals surface area contributed by atoms with Crippen molar-refractivity contribution in [3.05, 3.63) is 76.2 Å². The van der Waals surface area contributed by atoms with Gasteiger partial charge in [-0.2, -0.15) is 17.6 Å². The topological polar surface area (TPSA) is 93.4 Å². The second kappa shape index (κ2) is 15.5. The maximum absolute atomic E-state index is 14.1. The normalized spacial score (nSPS) is 12.7. The SMILES string of the molecule is C=C(C)C(=O)OCC(F)(F)OC(F)(F)OC(F)(F)OC(F)(F)COc1ccc2cc(-c3ccc(CCCCC)cc3CC)c(=O)oc2c1. The van der Waals surface area contributed by atoms with Crippen molar-refractivity contribution in [1.82, 2.24) is 0 Å². The summed E-state index contributed by atoms with van der Waals surface area (Å²) in [4.78, 5) is 24.0. The zero-order valence-corrected chi connectivity index (χ0v) is 26.0. The monoisotopic (exact) mass is 696 g/mol. The van der Waals surface area contributed by atoms with Gasteiger partial charge in [0.1, 0.15) is 11.3 Å². The number of alkyl halides is 8. The van der Waals surface area contributed by atoms with Crippen molar-refractivity contribution in [2.24, 2.45) is 0 Å². The summed E-state index contributed by atoms with van der Waals surface area (Å²) in [6.45, 7) is 3.94. The number of unbranched alkanes of at least 4 members (excludes halogenated alkanes) is 2. The van der Waals surface area contributed by atoms with Crippen molar-refractivity contribution < 1.29 is 68.0 Å². The van der Waals surface area contributed by atoms with Crippen LogP contribution in [0, 0.1) is 0 Å². The Morgan fingerprint density at radius 3 is 2.06 bits per heavy atom. The van der Waals surface area contributed by atoms with Gasteiger partial charge in [-0.15, -0.1) is 17.6 Å². The molecule has 3 aromatic rings. The molecule has 0 unspecified atom stereocenters. The second-order valence-electron chi connectivity index (χ2n) is 10.6. The van der Waals surface area contributed by atoms with Gasteiger partial charge in [0.05, 0.1) is 5.56 Å². The summed E-state index contributed by atoms with van der Waals surface area (Å²) in [5, 5.41) is 0.363. The summed E-state index contributed by atoms with van der Waals surface area (Å²) in [7, 11) is 0. The maximum Gasteiger partial charge on any atom is 0.496 e. The Balaban J connectivity index is 1.67. The fourth-order valence-electron chi connectivity index (χ4n) is 4.33. The largest absolute Gasteiger partial charge is 0.496 e. The minimum absolute atomic E-state index is 0.111. The van der Waals surface area contributed by atoms with Gasteiger partial charge in [0, 0.05) is 17.0 Å². The van der Waals surface area contributed by atoms with Crippen molar-refractivity contribution in [2.75, 3.05) is 13.2 Å². The number of hydrogen-bond donors (Lipinski definition) is 0. The fourth-order valence-corrected chi connectivity index (χ4v) is 4.33. The molecule has 0 N–H and O–H groups in total. The van der Waals surface area contributed by atoms with Crippen LogP contribution in [0.3, 0.4) is 0 Å². The Bertz CT molecular complexity index is 1650. The molecular formula is C32H32F8O8. The van der Waals surface area contributed by atoms with Gasteiger partial charge in [-0.05, 0) is 61.1 Å². The Kier molecular flexibility index (Phi) is 12.4. The minimum Gasteiger partial charge on any atom is -0.484 e. The number of ether oxygens (including phenoxy) is 5. The highest BCUT2D eigenvalue weighted by Gasteiger charge is 2.57. The molecule has 0 aliphatic rings. The van der Waals surface area contributed by atoms with Gasteiger partial charge in [0.25, 0.3) is 0 Å². The lowest BCUT2D eigenvalue weighted by atomic mass is 9.94. The summed E-state index contributed by atoms with van der Waals surface area (Å²) in [6, 6.07) is 10.8. The number of rotatable bonds is 18. The third kappa shape index (κ3) is 11.3. The number of aryl methyl sites for hydroxylation is 2. The Hall–Kier alpha value is -4.02. The van der Waals surface area contributed by atoms with Crippen LogP contribution in [0.1, 0.15) is 51.2 Å². The number of hydrogen-bond acceptors (Lipinski definition) is 8. The van der Waals surface area contributed by atoms with Crippen LogP contribution < -0.4 is 10.4 Å². The van der Waals surface area contributed by atoms with Gasteiger partial charge in [0.2, 0.25) is 0 Å². The first-order valence-electron chi connectivity index (χ1n) is 14.5. The van der Waals surface area contributed by atoms with E-state index in [1.807, 2.05) is 25.1 Å². The average Bonchev–Trinajstić information content (AvgIpc) is 2.96. The van der Waals surface area contributed by atoms with E-state index in [0.29, 0.717) is 17.4 Å². The molecule has 2 aromatic carbocycles. The predicted octanol–water partition coefficient (Wildman–Crippen LogP) is 8.59. The lowest BCUT2D eigenvalue weighted by Crippen LogP contribution is -2.46. The fraction of sp³-hybridized carbons (Fsp3) is 0.438. The van der Waals surface area contributed by atoms with Crippen LogP contribution in [0.25, 0.3) is 22.1 Å². The molecule has 0 bridgehead atoms. The number of fused-ring (bicyclic) bond motifs is 1. The predicted molar refractivity (Wildman–Crippen MR) is 155 cm³/mol. The van der Waals surface area contributed by atoms with Crippen molar-refractivity contribution in [3.63, 3.8) is 0 Å². The first-order valence-corrected chi connectivity index (χ1v) is 14.5. The Morgan fingerprint density at radius 1 is 0.812 bits per heavy atom. The van der Waals surface area contributed by atoms with E-state index in [9.17, 15) is 44.7 Å². The van der Waals surface area contributed by atoms with Gasteiger partial charge in [-0.1, -0.05) is 51.5 Å². The number of benzene rings is 2. The van der Waals surface area contributed by atoms with E-state index in [1.54, 1.807) is 0 Å². The van der Waals surface area contributed by atoms with E-state index < -0.39 is 60.9 Å². The summed E-state index contributed by atoms with van der Waals surface area (Å²) < 4.78 is 132. The summed E-state index contributed by atoms with van der Waals surface area (Å²) in [5.41, 5.74) is 1.69. The van der Waals surface area contributed by atoms with Gasteiger partial charge in [0.15, 0.2) is 13.2 Å². The smallest absolute Gasteiger partial charge is 0.484 e. The van der Waals surface area contributed by atoms with Crippen molar-refractivity contribution in [3.8, 4) is 16.9 Å². The van der Waals surface area contributed by atoms with Crippen LogP contribution in [0.4, 0.5) is 35.1 Å². The highest BCUT2D eigenvalue weighted by atomic mass is 19.3. The van der Waals surface area contributed by atoms with Gasteiger partial charge in [-0.3, -0.25) is 0 Å². The van der Waals surface area contributed by atoms with E-state index in [2.05, 4.69) is 32.5 Å². The molecule has 0 radical (unpaired) electrons. The first-order chi connectivity index (χ1) is 22.3. The molecule has 0 atom stereocenters. The molecule has 0 aliphatic carbocycles. The highest BCUT2D eigenvalue weighted by Crippen LogP contribution is 2.37. The Labute approximate surface area is 269 Å².